The minimum atomic E-state index is 0.285. The van der Waals surface area contributed by atoms with Crippen molar-refractivity contribution >= 4 is 34.1 Å². The molecule has 0 aliphatic carbocycles. The number of hydrogen-bond donors (Lipinski definition) is 0. The van der Waals surface area contributed by atoms with Crippen LogP contribution in [0.2, 0.25) is 13.1 Å². The van der Waals surface area contributed by atoms with E-state index in [9.17, 15) is 5.26 Å². The van der Waals surface area contributed by atoms with Crippen molar-refractivity contribution in [3.8, 4) is 17.3 Å². The van der Waals surface area contributed by atoms with E-state index in [1.54, 1.807) is 0 Å². The van der Waals surface area contributed by atoms with Crippen LogP contribution in [0.5, 0.6) is 0 Å². The molecule has 0 radical (unpaired) electrons. The second-order valence-electron chi connectivity index (χ2n) is 8.35. The molecule has 3 nitrogen and oxygen atoms in total. The lowest BCUT2D eigenvalue weighted by atomic mass is 9.43. The number of pyridine rings is 1. The number of furan rings is 1. The number of fused-ring (bicyclic) bond motifs is 3. The molecule has 2 heterocycles. The molecule has 0 atom stereocenters. The van der Waals surface area contributed by atoms with Crippen molar-refractivity contribution in [2.75, 3.05) is 0 Å². The van der Waals surface area contributed by atoms with Crippen molar-refractivity contribution in [3.63, 3.8) is 0 Å². The SMILES string of the molecule is CCCCCB(C)c1c(C#N)ccc2c1oc1c(-c3cccc[n+]3C)c(C)ccc12. The molecule has 4 rings (SSSR count). The highest BCUT2D eigenvalue weighted by molar-refractivity contribution is 6.75. The average Bonchev–Trinajstić information content (AvgIpc) is 3.12. The monoisotopic (exact) mass is 395 g/mol. The number of benzene rings is 2. The third-order valence-corrected chi connectivity index (χ3v) is 6.22. The minimum Gasteiger partial charge on any atom is -0.456 e. The van der Waals surface area contributed by atoms with Crippen molar-refractivity contribution in [1.29, 1.82) is 5.26 Å². The fraction of sp³-hybridized carbons (Fsp3) is 0.308. The van der Waals surface area contributed by atoms with Gasteiger partial charge < -0.3 is 4.42 Å². The summed E-state index contributed by atoms with van der Waals surface area (Å²) < 4.78 is 8.74. The van der Waals surface area contributed by atoms with Gasteiger partial charge in [-0.05, 0) is 36.1 Å². The first-order valence-corrected chi connectivity index (χ1v) is 10.9. The Kier molecular flexibility index (Phi) is 5.64. The van der Waals surface area contributed by atoms with Crippen LogP contribution in [0.4, 0.5) is 0 Å². The maximum Gasteiger partial charge on any atom is 0.216 e. The van der Waals surface area contributed by atoms with Crippen LogP contribution in [0.1, 0.15) is 37.3 Å². The summed E-state index contributed by atoms with van der Waals surface area (Å²) in [4.78, 5) is 0. The summed E-state index contributed by atoms with van der Waals surface area (Å²) in [6.07, 6.45) is 6.71. The van der Waals surface area contributed by atoms with Crippen molar-refractivity contribution in [3.05, 3.63) is 59.8 Å². The van der Waals surface area contributed by atoms with Gasteiger partial charge in [-0.25, -0.2) is 4.57 Å². The van der Waals surface area contributed by atoms with E-state index in [-0.39, 0.29) is 6.71 Å². The molecule has 0 N–H and O–H groups in total. The van der Waals surface area contributed by atoms with E-state index in [2.05, 4.69) is 68.8 Å². The predicted molar refractivity (Wildman–Crippen MR) is 125 cm³/mol. The summed E-state index contributed by atoms with van der Waals surface area (Å²) in [6, 6.07) is 17.0. The molecule has 0 amide bonds. The largest absolute Gasteiger partial charge is 0.456 e. The molecule has 30 heavy (non-hydrogen) atoms. The third-order valence-electron chi connectivity index (χ3n) is 6.22. The molecule has 2 aromatic heterocycles. The summed E-state index contributed by atoms with van der Waals surface area (Å²) in [5.74, 6) is 0. The Morgan fingerprint density at radius 3 is 2.53 bits per heavy atom. The molecule has 0 saturated heterocycles. The van der Waals surface area contributed by atoms with Gasteiger partial charge >= 0.3 is 0 Å². The third kappa shape index (κ3) is 3.39. The van der Waals surface area contributed by atoms with Crippen LogP contribution < -0.4 is 10.0 Å². The van der Waals surface area contributed by atoms with Gasteiger partial charge in [-0.3, -0.25) is 0 Å². The molecular weight excluding hydrogens is 367 g/mol. The molecule has 0 aliphatic rings. The van der Waals surface area contributed by atoms with Crippen LogP contribution in [0.3, 0.4) is 0 Å². The Labute approximate surface area is 179 Å². The number of unbranched alkanes of at least 4 members (excludes halogenated alkanes) is 2. The highest BCUT2D eigenvalue weighted by Crippen LogP contribution is 2.36. The van der Waals surface area contributed by atoms with E-state index in [0.29, 0.717) is 0 Å². The minimum absolute atomic E-state index is 0.285. The van der Waals surface area contributed by atoms with E-state index >= 15 is 0 Å². The molecule has 0 unspecified atom stereocenters. The van der Waals surface area contributed by atoms with E-state index in [4.69, 9.17) is 4.42 Å². The summed E-state index contributed by atoms with van der Waals surface area (Å²) in [6.45, 7) is 6.86. The van der Waals surface area contributed by atoms with E-state index < -0.39 is 0 Å². The first-order chi connectivity index (χ1) is 14.6. The van der Waals surface area contributed by atoms with E-state index in [1.807, 2.05) is 18.2 Å². The second-order valence-corrected chi connectivity index (χ2v) is 8.35. The molecule has 0 saturated carbocycles. The Bertz CT molecular complexity index is 1270. The van der Waals surface area contributed by atoms with Crippen LogP contribution in [0.15, 0.2) is 53.1 Å². The van der Waals surface area contributed by atoms with Gasteiger partial charge in [-0.1, -0.05) is 51.5 Å². The average molecular weight is 395 g/mol. The van der Waals surface area contributed by atoms with Crippen LogP contribution in [-0.2, 0) is 7.05 Å². The predicted octanol–water partition coefficient (Wildman–Crippen LogP) is 5.78. The second kappa shape index (κ2) is 8.36. The van der Waals surface area contributed by atoms with Crippen molar-refractivity contribution in [2.24, 2.45) is 7.05 Å². The van der Waals surface area contributed by atoms with Crippen molar-refractivity contribution in [2.45, 2.75) is 46.3 Å². The maximum absolute atomic E-state index is 9.79. The first-order valence-electron chi connectivity index (χ1n) is 10.9. The Morgan fingerprint density at radius 2 is 1.80 bits per heavy atom. The van der Waals surface area contributed by atoms with Crippen molar-refractivity contribution in [1.82, 2.24) is 0 Å². The standard InChI is InChI=1S/C26H28BN2O/c1-5-6-8-15-27(3)24-19(17-28)12-14-21-20-13-11-18(2)23(25(20)30-26(21)24)22-10-7-9-16-29(22)4/h7,9-14,16H,5-6,8,15H2,1-4H3/q+1. The number of nitriles is 1. The highest BCUT2D eigenvalue weighted by atomic mass is 16.3. The summed E-state index contributed by atoms with van der Waals surface area (Å²) >= 11 is 0. The van der Waals surface area contributed by atoms with Gasteiger partial charge in [0.05, 0.1) is 17.2 Å². The molecule has 0 spiro atoms. The highest BCUT2D eigenvalue weighted by Gasteiger charge is 2.24. The first kappa shape index (κ1) is 20.2. The molecule has 0 aliphatic heterocycles. The van der Waals surface area contributed by atoms with E-state index in [0.717, 1.165) is 50.5 Å². The summed E-state index contributed by atoms with van der Waals surface area (Å²) in [7, 11) is 2.06. The molecule has 0 fully saturated rings. The normalized spacial score (nSPS) is 11.2. The molecule has 4 heteroatoms. The fourth-order valence-corrected chi connectivity index (χ4v) is 4.56. The quantitative estimate of drug-likeness (QED) is 0.236. The van der Waals surface area contributed by atoms with Gasteiger partial charge in [0.2, 0.25) is 5.69 Å². The lowest BCUT2D eigenvalue weighted by Crippen LogP contribution is -2.30. The van der Waals surface area contributed by atoms with Gasteiger partial charge in [0.1, 0.15) is 18.2 Å². The van der Waals surface area contributed by atoms with Crippen LogP contribution >= 0.6 is 0 Å². The van der Waals surface area contributed by atoms with Gasteiger partial charge in [-0.2, -0.15) is 5.26 Å². The topological polar surface area (TPSA) is 40.8 Å². The number of aromatic nitrogens is 1. The zero-order valence-corrected chi connectivity index (χ0v) is 18.3. The Morgan fingerprint density at radius 1 is 1.03 bits per heavy atom. The Balaban J connectivity index is 2.00. The molecule has 4 aromatic rings. The van der Waals surface area contributed by atoms with Crippen LogP contribution in [0, 0.1) is 18.3 Å². The zero-order chi connectivity index (χ0) is 21.3. The van der Waals surface area contributed by atoms with Crippen LogP contribution in [-0.4, -0.2) is 6.71 Å². The number of nitrogens with zero attached hydrogens (tertiary/aromatic N) is 2. The molecule has 0 bridgehead atoms. The van der Waals surface area contributed by atoms with Gasteiger partial charge in [-0.15, -0.1) is 0 Å². The van der Waals surface area contributed by atoms with Gasteiger partial charge in [0.25, 0.3) is 0 Å². The summed E-state index contributed by atoms with van der Waals surface area (Å²) in [5, 5.41) is 12.0. The molecular formula is C26H28BN2O+. The number of rotatable bonds is 6. The number of hydrogen-bond acceptors (Lipinski definition) is 2. The Hall–Kier alpha value is -3.06. The summed E-state index contributed by atoms with van der Waals surface area (Å²) in [5.41, 5.74) is 6.99. The van der Waals surface area contributed by atoms with Gasteiger partial charge in [0.15, 0.2) is 12.9 Å². The number of aryl methyl sites for hydroxylation is 2. The molecule has 150 valence electrons. The van der Waals surface area contributed by atoms with E-state index in [1.165, 1.54) is 24.8 Å². The molecule has 2 aromatic carbocycles. The fourth-order valence-electron chi connectivity index (χ4n) is 4.56. The smallest absolute Gasteiger partial charge is 0.216 e. The van der Waals surface area contributed by atoms with Gasteiger partial charge in [0, 0.05) is 22.9 Å². The lowest BCUT2D eigenvalue weighted by Gasteiger charge is -2.11. The maximum atomic E-state index is 9.79. The van der Waals surface area contributed by atoms with Crippen molar-refractivity contribution < 1.29 is 8.98 Å². The zero-order valence-electron chi connectivity index (χ0n) is 18.3. The lowest BCUT2D eigenvalue weighted by molar-refractivity contribution is -0.660. The van der Waals surface area contributed by atoms with Crippen LogP contribution in [0.25, 0.3) is 33.2 Å².